The number of benzene rings is 1. The summed E-state index contributed by atoms with van der Waals surface area (Å²) in [7, 11) is 0. The molecule has 2 nitrogen and oxygen atoms in total. The highest BCUT2D eigenvalue weighted by Gasteiger charge is 2.33. The standard InChI is InChI=1S/C14H18F3NO/c1-3-13(2)9-18-8-12(19-13)10-4-6-11(7-5-10)14(15,16)17/h4-7,12,18H,3,8-9H2,1-2H3. The van der Waals surface area contributed by atoms with Crippen LogP contribution in [0.2, 0.25) is 0 Å². The molecule has 1 N–H and O–H groups in total. The number of morpholine rings is 1. The first-order chi connectivity index (χ1) is 8.84. The van der Waals surface area contributed by atoms with Crippen LogP contribution < -0.4 is 5.32 Å². The second-order valence-electron chi connectivity index (χ2n) is 5.16. The Morgan fingerprint density at radius 3 is 2.47 bits per heavy atom. The Kier molecular flexibility index (Phi) is 3.87. The molecule has 2 atom stereocenters. The molecule has 106 valence electrons. The summed E-state index contributed by atoms with van der Waals surface area (Å²) in [5, 5.41) is 3.27. The minimum absolute atomic E-state index is 0.194. The molecular weight excluding hydrogens is 255 g/mol. The lowest BCUT2D eigenvalue weighted by molar-refractivity contribution is -0.137. The summed E-state index contributed by atoms with van der Waals surface area (Å²) in [5.74, 6) is 0. The van der Waals surface area contributed by atoms with Crippen molar-refractivity contribution in [2.24, 2.45) is 0 Å². The van der Waals surface area contributed by atoms with Crippen LogP contribution in [0.15, 0.2) is 24.3 Å². The van der Waals surface area contributed by atoms with E-state index in [0.29, 0.717) is 6.54 Å². The Labute approximate surface area is 111 Å². The van der Waals surface area contributed by atoms with Crippen molar-refractivity contribution in [2.75, 3.05) is 13.1 Å². The predicted octanol–water partition coefficient (Wildman–Crippen LogP) is 3.54. The summed E-state index contributed by atoms with van der Waals surface area (Å²) < 4.78 is 43.5. The van der Waals surface area contributed by atoms with Gasteiger partial charge in [-0.05, 0) is 31.0 Å². The van der Waals surface area contributed by atoms with Crippen LogP contribution in [0.5, 0.6) is 0 Å². The monoisotopic (exact) mass is 273 g/mol. The van der Waals surface area contributed by atoms with Crippen LogP contribution in [0.25, 0.3) is 0 Å². The molecule has 1 aromatic carbocycles. The SMILES string of the molecule is CCC1(C)CNCC(c2ccc(C(F)(F)F)cc2)O1. The Bertz CT molecular complexity index is 429. The average Bonchev–Trinajstić information content (AvgIpc) is 2.38. The molecule has 0 bridgehead atoms. The van der Waals surface area contributed by atoms with Crippen LogP contribution in [-0.4, -0.2) is 18.7 Å². The Balaban J connectivity index is 2.14. The molecule has 1 aromatic rings. The molecule has 1 fully saturated rings. The molecule has 0 radical (unpaired) electrons. The van der Waals surface area contributed by atoms with Gasteiger partial charge >= 0.3 is 6.18 Å². The summed E-state index contributed by atoms with van der Waals surface area (Å²) in [6, 6.07) is 5.21. The second-order valence-corrected chi connectivity index (χ2v) is 5.16. The molecule has 0 spiro atoms. The number of rotatable bonds is 2. The van der Waals surface area contributed by atoms with Crippen LogP contribution in [0.1, 0.15) is 37.5 Å². The van der Waals surface area contributed by atoms with Crippen LogP contribution in [-0.2, 0) is 10.9 Å². The van der Waals surface area contributed by atoms with E-state index in [0.717, 1.165) is 30.7 Å². The molecule has 1 aliphatic rings. The average molecular weight is 273 g/mol. The first kappa shape index (κ1) is 14.3. The van der Waals surface area contributed by atoms with Gasteiger partial charge in [-0.2, -0.15) is 13.2 Å². The molecule has 2 rings (SSSR count). The highest BCUT2D eigenvalue weighted by molar-refractivity contribution is 5.26. The molecule has 0 amide bonds. The highest BCUT2D eigenvalue weighted by Crippen LogP contribution is 2.32. The van der Waals surface area contributed by atoms with Crippen molar-refractivity contribution in [3.05, 3.63) is 35.4 Å². The first-order valence-corrected chi connectivity index (χ1v) is 6.40. The fourth-order valence-corrected chi connectivity index (χ4v) is 2.18. The maximum Gasteiger partial charge on any atom is 0.416 e. The van der Waals surface area contributed by atoms with E-state index in [1.165, 1.54) is 12.1 Å². The molecule has 0 aromatic heterocycles. The number of hydrogen-bond donors (Lipinski definition) is 1. The van der Waals surface area contributed by atoms with E-state index in [9.17, 15) is 13.2 Å². The summed E-state index contributed by atoms with van der Waals surface area (Å²) in [6.45, 7) is 5.44. The molecule has 0 aliphatic carbocycles. The van der Waals surface area contributed by atoms with Crippen molar-refractivity contribution in [2.45, 2.75) is 38.1 Å². The van der Waals surface area contributed by atoms with E-state index in [4.69, 9.17) is 4.74 Å². The highest BCUT2D eigenvalue weighted by atomic mass is 19.4. The van der Waals surface area contributed by atoms with E-state index in [1.54, 1.807) is 0 Å². The van der Waals surface area contributed by atoms with Gasteiger partial charge in [0.1, 0.15) is 0 Å². The van der Waals surface area contributed by atoms with Gasteiger partial charge < -0.3 is 10.1 Å². The largest absolute Gasteiger partial charge is 0.416 e. The third kappa shape index (κ3) is 3.28. The first-order valence-electron chi connectivity index (χ1n) is 6.40. The summed E-state index contributed by atoms with van der Waals surface area (Å²) in [5.41, 5.74) is -0.107. The summed E-state index contributed by atoms with van der Waals surface area (Å²) in [6.07, 6.45) is -3.62. The van der Waals surface area contributed by atoms with Gasteiger partial charge in [0.05, 0.1) is 17.3 Å². The zero-order valence-electron chi connectivity index (χ0n) is 11.1. The molecule has 2 unspecified atom stereocenters. The Morgan fingerprint density at radius 2 is 1.95 bits per heavy atom. The van der Waals surface area contributed by atoms with E-state index >= 15 is 0 Å². The molecular formula is C14H18F3NO. The lowest BCUT2D eigenvalue weighted by atomic mass is 9.98. The molecule has 0 saturated carbocycles. The topological polar surface area (TPSA) is 21.3 Å². The van der Waals surface area contributed by atoms with Crippen molar-refractivity contribution >= 4 is 0 Å². The number of nitrogens with one attached hydrogen (secondary N) is 1. The summed E-state index contributed by atoms with van der Waals surface area (Å²) >= 11 is 0. The van der Waals surface area contributed by atoms with Gasteiger partial charge in [0.2, 0.25) is 0 Å². The van der Waals surface area contributed by atoms with Gasteiger partial charge in [0, 0.05) is 13.1 Å². The van der Waals surface area contributed by atoms with Crippen molar-refractivity contribution in [1.82, 2.24) is 5.32 Å². The van der Waals surface area contributed by atoms with E-state index in [2.05, 4.69) is 5.32 Å². The van der Waals surface area contributed by atoms with E-state index in [1.807, 2.05) is 13.8 Å². The van der Waals surface area contributed by atoms with Crippen molar-refractivity contribution in [1.29, 1.82) is 0 Å². The lowest BCUT2D eigenvalue weighted by Crippen LogP contribution is -2.48. The molecule has 1 saturated heterocycles. The van der Waals surface area contributed by atoms with Gasteiger partial charge in [-0.25, -0.2) is 0 Å². The minimum atomic E-state index is -4.29. The van der Waals surface area contributed by atoms with E-state index < -0.39 is 11.7 Å². The molecule has 19 heavy (non-hydrogen) atoms. The van der Waals surface area contributed by atoms with Gasteiger partial charge in [-0.15, -0.1) is 0 Å². The Hall–Kier alpha value is -1.07. The fourth-order valence-electron chi connectivity index (χ4n) is 2.18. The lowest BCUT2D eigenvalue weighted by Gasteiger charge is -2.39. The van der Waals surface area contributed by atoms with Crippen LogP contribution in [0.3, 0.4) is 0 Å². The fraction of sp³-hybridized carbons (Fsp3) is 0.571. The maximum absolute atomic E-state index is 12.5. The normalized spacial score (nSPS) is 28.4. The van der Waals surface area contributed by atoms with Crippen molar-refractivity contribution in [3.63, 3.8) is 0 Å². The number of ether oxygens (including phenoxy) is 1. The molecule has 5 heteroatoms. The van der Waals surface area contributed by atoms with Gasteiger partial charge in [0.25, 0.3) is 0 Å². The van der Waals surface area contributed by atoms with Crippen LogP contribution >= 0.6 is 0 Å². The predicted molar refractivity (Wildman–Crippen MR) is 66.8 cm³/mol. The van der Waals surface area contributed by atoms with E-state index in [-0.39, 0.29) is 11.7 Å². The van der Waals surface area contributed by atoms with Gasteiger partial charge in [0.15, 0.2) is 0 Å². The van der Waals surface area contributed by atoms with Gasteiger partial charge in [-0.1, -0.05) is 19.1 Å². The van der Waals surface area contributed by atoms with Crippen LogP contribution in [0, 0.1) is 0 Å². The second kappa shape index (κ2) is 5.13. The van der Waals surface area contributed by atoms with Gasteiger partial charge in [-0.3, -0.25) is 0 Å². The molecule has 1 heterocycles. The van der Waals surface area contributed by atoms with Crippen LogP contribution in [0.4, 0.5) is 13.2 Å². The zero-order valence-corrected chi connectivity index (χ0v) is 11.1. The van der Waals surface area contributed by atoms with Crippen molar-refractivity contribution in [3.8, 4) is 0 Å². The third-order valence-electron chi connectivity index (χ3n) is 3.61. The minimum Gasteiger partial charge on any atom is -0.365 e. The smallest absolute Gasteiger partial charge is 0.365 e. The number of hydrogen-bond acceptors (Lipinski definition) is 2. The number of alkyl halides is 3. The maximum atomic E-state index is 12.5. The quantitative estimate of drug-likeness (QED) is 0.890. The Morgan fingerprint density at radius 1 is 1.32 bits per heavy atom. The number of halogens is 3. The zero-order chi connectivity index (χ0) is 14.1. The van der Waals surface area contributed by atoms with Crippen molar-refractivity contribution < 1.29 is 17.9 Å². The molecule has 1 aliphatic heterocycles. The third-order valence-corrected chi connectivity index (χ3v) is 3.61. The summed E-state index contributed by atoms with van der Waals surface area (Å²) in [4.78, 5) is 0.